The van der Waals surface area contributed by atoms with Gasteiger partial charge < -0.3 is 4.90 Å². The monoisotopic (exact) mass is 196 g/mol. The van der Waals surface area contributed by atoms with E-state index in [0.29, 0.717) is 5.92 Å². The fourth-order valence-electron chi connectivity index (χ4n) is 1.81. The smallest absolute Gasteiger partial charge is 0.0975 e. The van der Waals surface area contributed by atoms with Gasteiger partial charge in [-0.2, -0.15) is 0 Å². The number of thiazole rings is 1. The van der Waals surface area contributed by atoms with Crippen molar-refractivity contribution < 1.29 is 0 Å². The summed E-state index contributed by atoms with van der Waals surface area (Å²) in [5.74, 6) is 0.697. The van der Waals surface area contributed by atoms with E-state index in [9.17, 15) is 0 Å². The largest absolute Gasteiger partial charge is 0.306 e. The van der Waals surface area contributed by atoms with Crippen LogP contribution in [0.5, 0.6) is 0 Å². The second kappa shape index (κ2) is 3.39. The summed E-state index contributed by atoms with van der Waals surface area (Å²) < 4.78 is 0. The zero-order valence-electron chi connectivity index (χ0n) is 8.50. The van der Waals surface area contributed by atoms with E-state index >= 15 is 0 Å². The van der Waals surface area contributed by atoms with Crippen LogP contribution in [0.1, 0.15) is 27.9 Å². The van der Waals surface area contributed by atoms with Crippen LogP contribution in [0, 0.1) is 13.8 Å². The molecule has 1 fully saturated rings. The normalized spacial score (nSPS) is 24.1. The van der Waals surface area contributed by atoms with E-state index in [4.69, 9.17) is 0 Å². The van der Waals surface area contributed by atoms with Crippen LogP contribution in [0.15, 0.2) is 0 Å². The highest BCUT2D eigenvalue weighted by Gasteiger charge is 2.23. The number of rotatable bonds is 1. The van der Waals surface area contributed by atoms with Gasteiger partial charge in [0, 0.05) is 17.3 Å². The summed E-state index contributed by atoms with van der Waals surface area (Å²) >= 11 is 1.88. The molecule has 1 saturated heterocycles. The third-order valence-corrected chi connectivity index (χ3v) is 4.02. The predicted molar refractivity (Wildman–Crippen MR) is 56.4 cm³/mol. The molecule has 0 aliphatic carbocycles. The Morgan fingerprint density at radius 3 is 2.69 bits per heavy atom. The van der Waals surface area contributed by atoms with E-state index in [1.165, 1.54) is 35.1 Å². The molecule has 0 radical (unpaired) electrons. The molecule has 1 aliphatic heterocycles. The number of hydrogen-bond donors (Lipinski definition) is 0. The van der Waals surface area contributed by atoms with Crippen molar-refractivity contribution in [2.24, 2.45) is 0 Å². The maximum atomic E-state index is 4.62. The molecule has 1 atom stereocenters. The van der Waals surface area contributed by atoms with Crippen molar-refractivity contribution in [3.63, 3.8) is 0 Å². The quantitative estimate of drug-likeness (QED) is 0.684. The van der Waals surface area contributed by atoms with E-state index in [0.717, 1.165) is 0 Å². The summed E-state index contributed by atoms with van der Waals surface area (Å²) in [7, 11) is 2.19. The molecule has 0 aromatic carbocycles. The van der Waals surface area contributed by atoms with Gasteiger partial charge in [0.25, 0.3) is 0 Å². The molecule has 0 saturated carbocycles. The average Bonchev–Trinajstić information content (AvgIpc) is 2.61. The van der Waals surface area contributed by atoms with E-state index in [1.54, 1.807) is 0 Å². The third kappa shape index (κ3) is 1.76. The number of likely N-dealkylation sites (tertiary alicyclic amines) is 1. The minimum Gasteiger partial charge on any atom is -0.306 e. The fourth-order valence-corrected chi connectivity index (χ4v) is 2.86. The lowest BCUT2D eigenvalue weighted by molar-refractivity contribution is 0.411. The van der Waals surface area contributed by atoms with Gasteiger partial charge in [-0.25, -0.2) is 4.98 Å². The van der Waals surface area contributed by atoms with Gasteiger partial charge in [0.1, 0.15) is 0 Å². The topological polar surface area (TPSA) is 16.1 Å². The number of aryl methyl sites for hydroxylation is 2. The molecule has 3 heteroatoms. The maximum absolute atomic E-state index is 4.62. The SMILES string of the molecule is Cc1nc(C2CCN(C)C2)sc1C. The van der Waals surface area contributed by atoms with E-state index < -0.39 is 0 Å². The first kappa shape index (κ1) is 9.16. The van der Waals surface area contributed by atoms with Gasteiger partial charge in [0.15, 0.2) is 0 Å². The third-order valence-electron chi connectivity index (χ3n) is 2.79. The van der Waals surface area contributed by atoms with Crippen LogP contribution in [0.2, 0.25) is 0 Å². The van der Waals surface area contributed by atoms with Crippen molar-refractivity contribution in [3.8, 4) is 0 Å². The van der Waals surface area contributed by atoms with Gasteiger partial charge in [0.2, 0.25) is 0 Å². The first-order chi connectivity index (χ1) is 6.16. The van der Waals surface area contributed by atoms with Gasteiger partial charge in [0.05, 0.1) is 10.7 Å². The number of likely N-dealkylation sites (N-methyl/N-ethyl adjacent to an activating group) is 1. The van der Waals surface area contributed by atoms with Crippen molar-refractivity contribution in [2.75, 3.05) is 20.1 Å². The first-order valence-electron chi connectivity index (χ1n) is 4.79. The number of hydrogen-bond acceptors (Lipinski definition) is 3. The molecule has 1 aromatic heterocycles. The zero-order chi connectivity index (χ0) is 9.42. The second-order valence-electron chi connectivity index (χ2n) is 3.94. The Kier molecular flexibility index (Phi) is 2.39. The Labute approximate surface area is 83.6 Å². The minimum absolute atomic E-state index is 0.697. The molecule has 0 bridgehead atoms. The molecule has 1 unspecified atom stereocenters. The van der Waals surface area contributed by atoms with E-state index in [1.807, 2.05) is 11.3 Å². The molecule has 2 nitrogen and oxygen atoms in total. The highest BCUT2D eigenvalue weighted by atomic mass is 32.1. The summed E-state index contributed by atoms with van der Waals surface area (Å²) in [6.45, 7) is 6.68. The summed E-state index contributed by atoms with van der Waals surface area (Å²) in [4.78, 5) is 8.38. The first-order valence-corrected chi connectivity index (χ1v) is 5.61. The summed E-state index contributed by atoms with van der Waals surface area (Å²) in [6, 6.07) is 0. The fraction of sp³-hybridized carbons (Fsp3) is 0.700. The van der Waals surface area contributed by atoms with Gasteiger partial charge in [-0.15, -0.1) is 11.3 Å². The Morgan fingerprint density at radius 2 is 2.23 bits per heavy atom. The van der Waals surface area contributed by atoms with Crippen LogP contribution >= 0.6 is 11.3 Å². The van der Waals surface area contributed by atoms with Crippen LogP contribution in [0.25, 0.3) is 0 Å². The van der Waals surface area contributed by atoms with Crippen molar-refractivity contribution >= 4 is 11.3 Å². The zero-order valence-corrected chi connectivity index (χ0v) is 9.32. The highest BCUT2D eigenvalue weighted by molar-refractivity contribution is 7.11. The van der Waals surface area contributed by atoms with E-state index in [-0.39, 0.29) is 0 Å². The van der Waals surface area contributed by atoms with Crippen LogP contribution in [0.3, 0.4) is 0 Å². The van der Waals surface area contributed by atoms with Gasteiger partial charge >= 0.3 is 0 Å². The summed E-state index contributed by atoms with van der Waals surface area (Å²) in [6.07, 6.45) is 1.28. The molecule has 0 spiro atoms. The lowest BCUT2D eigenvalue weighted by atomic mass is 10.1. The van der Waals surface area contributed by atoms with Crippen LogP contribution in [0.4, 0.5) is 0 Å². The molecule has 13 heavy (non-hydrogen) atoms. The van der Waals surface area contributed by atoms with Gasteiger partial charge in [-0.1, -0.05) is 0 Å². The standard InChI is InChI=1S/C10H16N2S/c1-7-8(2)13-10(11-7)9-4-5-12(3)6-9/h9H,4-6H2,1-3H3. The molecule has 1 aromatic rings. The molecule has 72 valence electrons. The second-order valence-corrected chi connectivity index (χ2v) is 5.18. The van der Waals surface area contributed by atoms with Gasteiger partial charge in [-0.05, 0) is 33.9 Å². The maximum Gasteiger partial charge on any atom is 0.0975 e. The highest BCUT2D eigenvalue weighted by Crippen LogP contribution is 2.30. The lowest BCUT2D eigenvalue weighted by Crippen LogP contribution is -2.13. The van der Waals surface area contributed by atoms with Gasteiger partial charge in [-0.3, -0.25) is 0 Å². The van der Waals surface area contributed by atoms with Crippen LogP contribution in [-0.2, 0) is 0 Å². The van der Waals surface area contributed by atoms with Crippen molar-refractivity contribution in [2.45, 2.75) is 26.2 Å². The van der Waals surface area contributed by atoms with Crippen molar-refractivity contribution in [1.82, 2.24) is 9.88 Å². The predicted octanol–water partition coefficient (Wildman–Crippen LogP) is 2.18. The number of aromatic nitrogens is 1. The molecule has 2 heterocycles. The lowest BCUT2D eigenvalue weighted by Gasteiger charge is -2.06. The van der Waals surface area contributed by atoms with Crippen molar-refractivity contribution in [1.29, 1.82) is 0 Å². The van der Waals surface area contributed by atoms with E-state index in [2.05, 4.69) is 30.8 Å². The van der Waals surface area contributed by atoms with Crippen LogP contribution in [-0.4, -0.2) is 30.0 Å². The molecular formula is C10H16N2S. The average molecular weight is 196 g/mol. The molecule has 0 N–H and O–H groups in total. The Morgan fingerprint density at radius 1 is 1.46 bits per heavy atom. The molecule has 1 aliphatic rings. The molecule has 0 amide bonds. The number of nitrogens with zero attached hydrogens (tertiary/aromatic N) is 2. The van der Waals surface area contributed by atoms with Crippen molar-refractivity contribution in [3.05, 3.63) is 15.6 Å². The Hall–Kier alpha value is -0.410. The van der Waals surface area contributed by atoms with Crippen LogP contribution < -0.4 is 0 Å². The summed E-state index contributed by atoms with van der Waals surface area (Å²) in [5.41, 5.74) is 1.22. The Balaban J connectivity index is 2.17. The minimum atomic E-state index is 0.697. The molecule has 2 rings (SSSR count). The molecular weight excluding hydrogens is 180 g/mol. The summed E-state index contributed by atoms with van der Waals surface area (Å²) in [5, 5.41) is 1.35. The Bertz CT molecular complexity index is 286.